The van der Waals surface area contributed by atoms with Gasteiger partial charge in [0.2, 0.25) is 10.0 Å². The Hall–Kier alpha value is -2.52. The maximum Gasteiger partial charge on any atom is 0.309 e. The molecule has 9 heteroatoms. The summed E-state index contributed by atoms with van der Waals surface area (Å²) >= 11 is 0. The SMILES string of the molecule is CCOC(=O)C1CCN(S(=O)(=O)c2cc(-c3ccc(=O)[nH]n3)cc(C)c2C)CC1. The molecule has 0 saturated carbocycles. The number of nitrogens with zero attached hydrogens (tertiary/aromatic N) is 2. The first kappa shape index (κ1) is 21.2. The maximum atomic E-state index is 13.3. The van der Waals surface area contributed by atoms with Crippen LogP contribution in [0.5, 0.6) is 0 Å². The van der Waals surface area contributed by atoms with Gasteiger partial charge in [-0.05, 0) is 62.9 Å². The van der Waals surface area contributed by atoms with E-state index in [0.29, 0.717) is 36.3 Å². The number of carbonyl (C=O) groups excluding carboxylic acids is 1. The number of benzene rings is 1. The summed E-state index contributed by atoms with van der Waals surface area (Å²) in [5.41, 5.74) is 2.27. The molecule has 1 aromatic carbocycles. The number of piperidine rings is 1. The van der Waals surface area contributed by atoms with Gasteiger partial charge in [0.05, 0.1) is 23.1 Å². The Bertz CT molecular complexity index is 1050. The molecule has 1 aromatic heterocycles. The minimum Gasteiger partial charge on any atom is -0.466 e. The molecule has 29 heavy (non-hydrogen) atoms. The molecular formula is C20H25N3O5S. The summed E-state index contributed by atoms with van der Waals surface area (Å²) in [7, 11) is -3.73. The van der Waals surface area contributed by atoms with Crippen molar-refractivity contribution in [2.75, 3.05) is 19.7 Å². The van der Waals surface area contributed by atoms with Crippen LogP contribution >= 0.6 is 0 Å². The maximum absolute atomic E-state index is 13.3. The van der Waals surface area contributed by atoms with E-state index in [1.807, 2.05) is 13.0 Å². The molecule has 2 aromatic rings. The first-order valence-corrected chi connectivity index (χ1v) is 11.0. The van der Waals surface area contributed by atoms with Gasteiger partial charge in [0.25, 0.3) is 5.56 Å². The summed E-state index contributed by atoms with van der Waals surface area (Å²) < 4.78 is 33.1. The van der Waals surface area contributed by atoms with Crippen LogP contribution in [0.15, 0.2) is 34.0 Å². The van der Waals surface area contributed by atoms with Gasteiger partial charge in [0.1, 0.15) is 0 Å². The molecule has 3 rings (SSSR count). The number of hydrogen-bond acceptors (Lipinski definition) is 6. The highest BCUT2D eigenvalue weighted by molar-refractivity contribution is 7.89. The second kappa shape index (κ2) is 8.46. The molecular weight excluding hydrogens is 394 g/mol. The average molecular weight is 420 g/mol. The van der Waals surface area contributed by atoms with Crippen molar-refractivity contribution >= 4 is 16.0 Å². The van der Waals surface area contributed by atoms with Crippen LogP contribution in [0.1, 0.15) is 30.9 Å². The fraction of sp³-hybridized carbons (Fsp3) is 0.450. The van der Waals surface area contributed by atoms with Gasteiger partial charge in [-0.2, -0.15) is 9.40 Å². The van der Waals surface area contributed by atoms with Crippen molar-refractivity contribution in [1.82, 2.24) is 14.5 Å². The monoisotopic (exact) mass is 419 g/mol. The summed E-state index contributed by atoms with van der Waals surface area (Å²) in [6.45, 7) is 6.24. The fourth-order valence-electron chi connectivity index (χ4n) is 3.48. The van der Waals surface area contributed by atoms with E-state index < -0.39 is 10.0 Å². The number of H-pyrrole nitrogens is 1. The lowest BCUT2D eigenvalue weighted by Gasteiger charge is -2.30. The molecule has 2 heterocycles. The van der Waals surface area contributed by atoms with Gasteiger partial charge in [-0.25, -0.2) is 13.5 Å². The minimum absolute atomic E-state index is 0.218. The lowest BCUT2D eigenvalue weighted by atomic mass is 9.98. The molecule has 1 aliphatic heterocycles. The van der Waals surface area contributed by atoms with Gasteiger partial charge in [-0.15, -0.1) is 0 Å². The van der Waals surface area contributed by atoms with E-state index in [-0.39, 0.29) is 35.4 Å². The van der Waals surface area contributed by atoms with Crippen LogP contribution in [0.4, 0.5) is 0 Å². The van der Waals surface area contributed by atoms with Crippen molar-refractivity contribution in [3.8, 4) is 11.3 Å². The van der Waals surface area contributed by atoms with Crippen LogP contribution in [-0.4, -0.2) is 48.6 Å². The number of ether oxygens (including phenoxy) is 1. The van der Waals surface area contributed by atoms with Gasteiger partial charge in [0.15, 0.2) is 0 Å². The van der Waals surface area contributed by atoms with Gasteiger partial charge >= 0.3 is 5.97 Å². The smallest absolute Gasteiger partial charge is 0.309 e. The van der Waals surface area contributed by atoms with Crippen molar-refractivity contribution in [3.63, 3.8) is 0 Å². The molecule has 1 N–H and O–H groups in total. The number of nitrogens with one attached hydrogen (secondary N) is 1. The highest BCUT2D eigenvalue weighted by Crippen LogP contribution is 2.31. The Morgan fingerprint density at radius 3 is 2.52 bits per heavy atom. The summed E-state index contributed by atoms with van der Waals surface area (Å²) in [5.74, 6) is -0.524. The molecule has 1 fully saturated rings. The number of aromatic nitrogens is 2. The Labute approximate surface area is 169 Å². The summed E-state index contributed by atoms with van der Waals surface area (Å²) in [6.07, 6.45) is 0.883. The summed E-state index contributed by atoms with van der Waals surface area (Å²) in [4.78, 5) is 23.4. The van der Waals surface area contributed by atoms with Crippen molar-refractivity contribution in [2.24, 2.45) is 5.92 Å². The molecule has 8 nitrogen and oxygen atoms in total. The highest BCUT2D eigenvalue weighted by Gasteiger charge is 2.34. The fourth-order valence-corrected chi connectivity index (χ4v) is 5.27. The molecule has 0 unspecified atom stereocenters. The Morgan fingerprint density at radius 2 is 1.93 bits per heavy atom. The predicted octanol–water partition coefficient (Wildman–Crippen LogP) is 2.02. The minimum atomic E-state index is -3.73. The Balaban J connectivity index is 1.90. The number of aromatic amines is 1. The van der Waals surface area contributed by atoms with Crippen molar-refractivity contribution in [3.05, 3.63) is 45.7 Å². The van der Waals surface area contributed by atoms with Crippen LogP contribution in [0, 0.1) is 19.8 Å². The van der Waals surface area contributed by atoms with Crippen LogP contribution < -0.4 is 5.56 Å². The number of rotatable bonds is 5. The number of sulfonamides is 1. The third kappa shape index (κ3) is 4.40. The highest BCUT2D eigenvalue weighted by atomic mass is 32.2. The average Bonchev–Trinajstić information content (AvgIpc) is 2.70. The molecule has 0 radical (unpaired) electrons. The van der Waals surface area contributed by atoms with Crippen molar-refractivity contribution in [2.45, 2.75) is 38.5 Å². The van der Waals surface area contributed by atoms with Crippen LogP contribution in [0.3, 0.4) is 0 Å². The summed E-state index contributed by atoms with van der Waals surface area (Å²) in [5, 5.41) is 6.38. The largest absolute Gasteiger partial charge is 0.466 e. The number of hydrogen-bond donors (Lipinski definition) is 1. The molecule has 156 valence electrons. The van der Waals surface area contributed by atoms with Gasteiger partial charge < -0.3 is 4.74 Å². The van der Waals surface area contributed by atoms with E-state index in [9.17, 15) is 18.0 Å². The second-order valence-corrected chi connectivity index (χ2v) is 9.06. The van der Waals surface area contributed by atoms with E-state index >= 15 is 0 Å². The standard InChI is InChI=1S/C20H25N3O5S/c1-4-28-20(25)15-7-9-23(10-8-15)29(26,27)18-12-16(11-13(2)14(18)3)17-5-6-19(24)22-21-17/h5-6,11-12,15H,4,7-10H2,1-3H3,(H,22,24). The summed E-state index contributed by atoms with van der Waals surface area (Å²) in [6, 6.07) is 6.35. The molecule has 0 spiro atoms. The van der Waals surface area contributed by atoms with Crippen LogP contribution in [0.25, 0.3) is 11.3 Å². The van der Waals surface area contributed by atoms with Crippen molar-refractivity contribution < 1.29 is 17.9 Å². The zero-order chi connectivity index (χ0) is 21.2. The van der Waals surface area contributed by atoms with Crippen molar-refractivity contribution in [1.29, 1.82) is 0 Å². The lowest BCUT2D eigenvalue weighted by molar-refractivity contribution is -0.149. The van der Waals surface area contributed by atoms with Crippen LogP contribution in [0.2, 0.25) is 0 Å². The Morgan fingerprint density at radius 1 is 1.24 bits per heavy atom. The van der Waals surface area contributed by atoms with Gasteiger partial charge in [0, 0.05) is 24.7 Å². The zero-order valence-electron chi connectivity index (χ0n) is 16.8. The first-order chi connectivity index (χ1) is 13.7. The molecule has 1 saturated heterocycles. The molecule has 0 atom stereocenters. The molecule has 0 amide bonds. The van der Waals surface area contributed by atoms with E-state index in [0.717, 1.165) is 5.56 Å². The van der Waals surface area contributed by atoms with E-state index in [4.69, 9.17) is 4.74 Å². The predicted molar refractivity (Wildman–Crippen MR) is 108 cm³/mol. The number of aryl methyl sites for hydroxylation is 1. The molecule has 0 bridgehead atoms. The van der Waals surface area contributed by atoms with E-state index in [1.165, 1.54) is 10.4 Å². The second-order valence-electron chi connectivity index (χ2n) is 7.15. The number of esters is 1. The van der Waals surface area contributed by atoms with E-state index in [1.54, 1.807) is 26.0 Å². The van der Waals surface area contributed by atoms with Gasteiger partial charge in [-0.1, -0.05) is 0 Å². The third-order valence-electron chi connectivity index (χ3n) is 5.29. The third-order valence-corrected chi connectivity index (χ3v) is 7.31. The van der Waals surface area contributed by atoms with E-state index in [2.05, 4.69) is 10.2 Å². The van der Waals surface area contributed by atoms with Gasteiger partial charge in [-0.3, -0.25) is 9.59 Å². The Kier molecular flexibility index (Phi) is 6.18. The number of carbonyl (C=O) groups is 1. The quantitative estimate of drug-likeness (QED) is 0.743. The lowest BCUT2D eigenvalue weighted by Crippen LogP contribution is -2.40. The normalized spacial score (nSPS) is 16.0. The molecule has 0 aliphatic carbocycles. The zero-order valence-corrected chi connectivity index (χ0v) is 17.6. The topological polar surface area (TPSA) is 109 Å². The first-order valence-electron chi connectivity index (χ1n) is 9.58. The van der Waals surface area contributed by atoms with Crippen LogP contribution in [-0.2, 0) is 19.6 Å². The molecule has 1 aliphatic rings.